The van der Waals surface area contributed by atoms with Crippen LogP contribution in [0.15, 0.2) is 17.5 Å². The Bertz CT molecular complexity index is 1050. The van der Waals surface area contributed by atoms with Crippen LogP contribution < -0.4 is 9.51 Å². The van der Waals surface area contributed by atoms with Gasteiger partial charge in [-0.3, -0.25) is 0 Å². The van der Waals surface area contributed by atoms with E-state index in [1.807, 2.05) is 18.3 Å². The second-order valence-electron chi connectivity index (χ2n) is 14.4. The summed E-state index contributed by atoms with van der Waals surface area (Å²) in [5.41, 5.74) is 0.769. The molecular formula is C38H63BO4S2. The van der Waals surface area contributed by atoms with Crippen LogP contribution in [0.2, 0.25) is 0 Å². The lowest BCUT2D eigenvalue weighted by molar-refractivity contribution is -0.0143. The molecule has 2 aliphatic rings. The summed E-state index contributed by atoms with van der Waals surface area (Å²) in [6.45, 7) is 7.72. The Balaban J connectivity index is 1.39. The third kappa shape index (κ3) is 11.1. The fourth-order valence-electron chi connectivity index (χ4n) is 7.03. The van der Waals surface area contributed by atoms with E-state index in [0.29, 0.717) is 13.2 Å². The predicted molar refractivity (Wildman–Crippen MR) is 195 cm³/mol. The Morgan fingerprint density at radius 2 is 1.20 bits per heavy atom. The molecule has 0 unspecified atom stereocenters. The molecule has 2 aliphatic heterocycles. The average molecular weight is 659 g/mol. The van der Waals surface area contributed by atoms with Crippen molar-refractivity contribution >= 4 is 34.6 Å². The molecule has 0 saturated carbocycles. The summed E-state index contributed by atoms with van der Waals surface area (Å²) in [6.07, 6.45) is 29.2. The van der Waals surface area contributed by atoms with Gasteiger partial charge in [0.1, 0.15) is 11.4 Å². The molecule has 0 radical (unpaired) electrons. The van der Waals surface area contributed by atoms with Gasteiger partial charge in [0.05, 0.1) is 16.4 Å². The molecule has 0 spiro atoms. The van der Waals surface area contributed by atoms with Crippen LogP contribution in [0.4, 0.5) is 0 Å². The summed E-state index contributed by atoms with van der Waals surface area (Å²) < 4.78 is 20.7. The van der Waals surface area contributed by atoms with E-state index in [1.165, 1.54) is 144 Å². The van der Waals surface area contributed by atoms with Crippen LogP contribution in [-0.2, 0) is 14.9 Å². The third-order valence-corrected chi connectivity index (χ3v) is 12.2. The fourth-order valence-corrected chi connectivity index (χ4v) is 9.27. The molecule has 45 heavy (non-hydrogen) atoms. The van der Waals surface area contributed by atoms with Crippen molar-refractivity contribution in [2.45, 2.75) is 168 Å². The Hall–Kier alpha value is -0.855. The Morgan fingerprint density at radius 3 is 1.69 bits per heavy atom. The molecule has 2 aromatic rings. The predicted octanol–water partition coefficient (Wildman–Crippen LogP) is 11.4. The van der Waals surface area contributed by atoms with Crippen molar-refractivity contribution in [1.29, 1.82) is 0 Å². The maximum Gasteiger partial charge on any atom is 0.504 e. The van der Waals surface area contributed by atoms with Gasteiger partial charge in [0.2, 0.25) is 0 Å². The maximum absolute atomic E-state index is 9.81. The minimum absolute atomic E-state index is 0.0773. The standard InChI is InChI=1S/C38H63BO4S2/c1-4-6-8-10-12-14-16-18-20-22-25-38(26-23-21-19-17-15-13-11-9-7-5-2)32-28-34(39-41-30-37(3,29-40)31-42-39)45-35(32)36-33(43-38)24-27-44-36/h24,27-28,40H,4-23,25-26,29-31H2,1-3H3. The SMILES string of the molecule is CCCCCCCCCCCCC1(CCCCCCCCCCCC)Oc2ccsc2-c2sc(B3OCC(C)(CO)CO3)cc21. The molecule has 0 amide bonds. The lowest BCUT2D eigenvalue weighted by atomic mass is 9.78. The molecule has 4 heterocycles. The lowest BCUT2D eigenvalue weighted by Crippen LogP contribution is -2.49. The Morgan fingerprint density at radius 1 is 0.711 bits per heavy atom. The number of aliphatic hydroxyl groups excluding tert-OH is 1. The highest BCUT2D eigenvalue weighted by Gasteiger charge is 2.45. The first-order valence-corrected chi connectivity index (χ1v) is 20.5. The van der Waals surface area contributed by atoms with Crippen LogP contribution in [-0.4, -0.2) is 32.0 Å². The van der Waals surface area contributed by atoms with Gasteiger partial charge in [-0.15, -0.1) is 22.7 Å². The van der Waals surface area contributed by atoms with Gasteiger partial charge in [-0.25, -0.2) is 0 Å². The molecule has 2 aromatic heterocycles. The summed E-state index contributed by atoms with van der Waals surface area (Å²) >= 11 is 3.63. The molecule has 0 atom stereocenters. The topological polar surface area (TPSA) is 47.9 Å². The Labute approximate surface area is 284 Å². The lowest BCUT2D eigenvalue weighted by Gasteiger charge is -2.38. The van der Waals surface area contributed by atoms with Crippen molar-refractivity contribution in [1.82, 2.24) is 0 Å². The number of rotatable bonds is 24. The number of thiophene rings is 2. The molecule has 4 rings (SSSR count). The summed E-state index contributed by atoms with van der Waals surface area (Å²) in [5.74, 6) is 1.07. The number of hydrogen-bond acceptors (Lipinski definition) is 6. The average Bonchev–Trinajstić information content (AvgIpc) is 3.71. The van der Waals surface area contributed by atoms with Gasteiger partial charge in [-0.05, 0) is 43.2 Å². The van der Waals surface area contributed by atoms with Gasteiger partial charge < -0.3 is 19.2 Å². The van der Waals surface area contributed by atoms with E-state index >= 15 is 0 Å². The molecule has 4 nitrogen and oxygen atoms in total. The van der Waals surface area contributed by atoms with Gasteiger partial charge in [0.15, 0.2) is 0 Å². The van der Waals surface area contributed by atoms with Crippen molar-refractivity contribution in [3.8, 4) is 15.5 Å². The Kier molecular flexibility index (Phi) is 16.3. The zero-order chi connectivity index (χ0) is 31.8. The molecule has 1 N–H and O–H groups in total. The zero-order valence-electron chi connectivity index (χ0n) is 29.0. The first-order valence-electron chi connectivity index (χ1n) is 18.8. The zero-order valence-corrected chi connectivity index (χ0v) is 30.6. The van der Waals surface area contributed by atoms with Crippen LogP contribution in [0.3, 0.4) is 0 Å². The van der Waals surface area contributed by atoms with Crippen molar-refractivity contribution in [3.05, 3.63) is 23.1 Å². The molecule has 1 fully saturated rings. The fraction of sp³-hybridized carbons (Fsp3) is 0.789. The van der Waals surface area contributed by atoms with E-state index in [4.69, 9.17) is 14.0 Å². The molecule has 254 valence electrons. The van der Waals surface area contributed by atoms with Crippen molar-refractivity contribution in [2.24, 2.45) is 5.41 Å². The number of ether oxygens (including phenoxy) is 1. The van der Waals surface area contributed by atoms with Crippen LogP contribution in [0.25, 0.3) is 9.75 Å². The summed E-state index contributed by atoms with van der Waals surface area (Å²) in [4.78, 5) is 2.63. The highest BCUT2D eigenvalue weighted by atomic mass is 32.1. The van der Waals surface area contributed by atoms with E-state index in [0.717, 1.165) is 23.4 Å². The van der Waals surface area contributed by atoms with Gasteiger partial charge in [0.25, 0.3) is 0 Å². The molecule has 0 bridgehead atoms. The summed E-state index contributed by atoms with van der Waals surface area (Å²) in [7, 11) is -0.365. The first kappa shape index (κ1) is 37.0. The quantitative estimate of drug-likeness (QED) is 0.0901. The van der Waals surface area contributed by atoms with E-state index in [1.54, 1.807) is 11.3 Å². The van der Waals surface area contributed by atoms with Crippen molar-refractivity contribution < 1.29 is 19.2 Å². The second kappa shape index (κ2) is 19.8. The summed E-state index contributed by atoms with van der Waals surface area (Å²) in [5, 5.41) is 12.0. The number of unbranched alkanes of at least 4 members (excludes halogenated alkanes) is 18. The van der Waals surface area contributed by atoms with E-state index < -0.39 is 0 Å². The number of hydrogen-bond donors (Lipinski definition) is 1. The monoisotopic (exact) mass is 658 g/mol. The van der Waals surface area contributed by atoms with Gasteiger partial charge in [-0.1, -0.05) is 136 Å². The molecular weight excluding hydrogens is 595 g/mol. The van der Waals surface area contributed by atoms with Gasteiger partial charge >= 0.3 is 7.12 Å². The van der Waals surface area contributed by atoms with Crippen molar-refractivity contribution in [3.63, 3.8) is 0 Å². The second-order valence-corrected chi connectivity index (χ2v) is 16.4. The van der Waals surface area contributed by atoms with Gasteiger partial charge in [0, 0.05) is 29.0 Å². The van der Waals surface area contributed by atoms with E-state index in [2.05, 4.69) is 31.4 Å². The molecule has 7 heteroatoms. The highest BCUT2D eigenvalue weighted by molar-refractivity contribution is 7.28. The van der Waals surface area contributed by atoms with Crippen LogP contribution in [0.1, 0.15) is 168 Å². The van der Waals surface area contributed by atoms with Crippen molar-refractivity contribution in [2.75, 3.05) is 19.8 Å². The van der Waals surface area contributed by atoms with Crippen LogP contribution in [0.5, 0.6) is 5.75 Å². The highest BCUT2D eigenvalue weighted by Crippen LogP contribution is 2.53. The van der Waals surface area contributed by atoms with Crippen LogP contribution >= 0.6 is 22.7 Å². The van der Waals surface area contributed by atoms with Crippen LogP contribution in [0, 0.1) is 5.41 Å². The molecule has 1 saturated heterocycles. The van der Waals surface area contributed by atoms with Gasteiger partial charge in [-0.2, -0.15) is 0 Å². The van der Waals surface area contributed by atoms with E-state index in [9.17, 15) is 5.11 Å². The normalized spacial score (nSPS) is 16.8. The molecule has 0 aromatic carbocycles. The number of fused-ring (bicyclic) bond motifs is 3. The minimum Gasteiger partial charge on any atom is -0.481 e. The minimum atomic E-state index is -0.365. The smallest absolute Gasteiger partial charge is 0.481 e. The third-order valence-electron chi connectivity index (χ3n) is 10.0. The van der Waals surface area contributed by atoms with E-state index in [-0.39, 0.29) is 24.7 Å². The first-order chi connectivity index (χ1) is 22.0. The summed E-state index contributed by atoms with van der Waals surface area (Å²) in [6, 6.07) is 4.55. The number of aliphatic hydroxyl groups is 1. The largest absolute Gasteiger partial charge is 0.504 e. The molecule has 0 aliphatic carbocycles. The maximum atomic E-state index is 9.81.